The average Bonchev–Trinajstić information content (AvgIpc) is 2.81. The van der Waals surface area contributed by atoms with Gasteiger partial charge in [-0.2, -0.15) is 0 Å². The van der Waals surface area contributed by atoms with E-state index in [-0.39, 0.29) is 11.9 Å². The molecule has 0 aliphatic carbocycles. The Labute approximate surface area is 90.1 Å². The van der Waals surface area contributed by atoms with Gasteiger partial charge in [0.2, 0.25) is 5.91 Å². The van der Waals surface area contributed by atoms with Crippen molar-refractivity contribution in [3.63, 3.8) is 0 Å². The molecule has 0 radical (unpaired) electrons. The van der Waals surface area contributed by atoms with Crippen LogP contribution >= 0.6 is 0 Å². The second-order valence-electron chi connectivity index (χ2n) is 4.09. The lowest BCUT2D eigenvalue weighted by molar-refractivity contribution is -0.133. The SMILES string of the molecule is CNC(=O)C1COCCN1C1CCNC1. The van der Waals surface area contributed by atoms with Gasteiger partial charge in [-0.3, -0.25) is 9.69 Å². The number of amides is 1. The third-order valence-electron chi connectivity index (χ3n) is 3.22. The normalized spacial score (nSPS) is 32.9. The molecular weight excluding hydrogens is 194 g/mol. The predicted molar refractivity (Wildman–Crippen MR) is 56.7 cm³/mol. The minimum atomic E-state index is -0.103. The maximum atomic E-state index is 11.7. The van der Waals surface area contributed by atoms with Gasteiger partial charge in [0.25, 0.3) is 0 Å². The molecule has 0 aromatic carbocycles. The monoisotopic (exact) mass is 213 g/mol. The largest absolute Gasteiger partial charge is 0.378 e. The molecule has 86 valence electrons. The van der Waals surface area contributed by atoms with Crippen LogP contribution in [0.3, 0.4) is 0 Å². The minimum Gasteiger partial charge on any atom is -0.378 e. The van der Waals surface area contributed by atoms with Crippen LogP contribution < -0.4 is 10.6 Å². The van der Waals surface area contributed by atoms with E-state index in [9.17, 15) is 4.79 Å². The molecular formula is C10H19N3O2. The molecule has 2 rings (SSSR count). The topological polar surface area (TPSA) is 53.6 Å². The highest BCUT2D eigenvalue weighted by Crippen LogP contribution is 2.15. The number of ether oxygens (including phenoxy) is 1. The number of nitrogens with zero attached hydrogens (tertiary/aromatic N) is 1. The Morgan fingerprint density at radius 3 is 3.13 bits per heavy atom. The summed E-state index contributed by atoms with van der Waals surface area (Å²) in [4.78, 5) is 14.0. The molecule has 2 N–H and O–H groups in total. The van der Waals surface area contributed by atoms with E-state index < -0.39 is 0 Å². The molecule has 1 amide bonds. The molecule has 2 unspecified atom stereocenters. The second-order valence-corrected chi connectivity index (χ2v) is 4.09. The Balaban J connectivity index is 2.01. The van der Waals surface area contributed by atoms with E-state index >= 15 is 0 Å². The first kappa shape index (κ1) is 10.9. The van der Waals surface area contributed by atoms with Gasteiger partial charge < -0.3 is 15.4 Å². The molecule has 0 saturated carbocycles. The Hall–Kier alpha value is -0.650. The number of nitrogens with one attached hydrogen (secondary N) is 2. The van der Waals surface area contributed by atoms with Crippen LogP contribution in [0, 0.1) is 0 Å². The van der Waals surface area contributed by atoms with Crippen molar-refractivity contribution >= 4 is 5.91 Å². The standard InChI is InChI=1S/C10H19N3O2/c1-11-10(14)9-7-15-5-4-13(9)8-2-3-12-6-8/h8-9,12H,2-7H2,1H3,(H,11,14). The van der Waals surface area contributed by atoms with Crippen molar-refractivity contribution in [2.75, 3.05) is 39.9 Å². The van der Waals surface area contributed by atoms with Crippen LogP contribution in [0.25, 0.3) is 0 Å². The van der Waals surface area contributed by atoms with E-state index in [0.717, 1.165) is 32.7 Å². The lowest BCUT2D eigenvalue weighted by atomic mass is 10.1. The molecule has 0 aromatic rings. The summed E-state index contributed by atoms with van der Waals surface area (Å²) in [5, 5.41) is 6.04. The summed E-state index contributed by atoms with van der Waals surface area (Å²) >= 11 is 0. The van der Waals surface area contributed by atoms with Gasteiger partial charge in [-0.1, -0.05) is 0 Å². The van der Waals surface area contributed by atoms with Crippen molar-refractivity contribution < 1.29 is 9.53 Å². The first-order chi connectivity index (χ1) is 7.33. The quantitative estimate of drug-likeness (QED) is 0.605. The summed E-state index contributed by atoms with van der Waals surface area (Å²) in [6, 6.07) is 0.393. The molecule has 0 aromatic heterocycles. The number of morpholine rings is 1. The number of hydrogen-bond donors (Lipinski definition) is 2. The van der Waals surface area contributed by atoms with Crippen LogP contribution in [-0.4, -0.2) is 62.8 Å². The molecule has 2 saturated heterocycles. The third-order valence-corrected chi connectivity index (χ3v) is 3.22. The van der Waals surface area contributed by atoms with Crippen LogP contribution in [0.4, 0.5) is 0 Å². The summed E-state index contributed by atoms with van der Waals surface area (Å²) in [7, 11) is 1.68. The number of rotatable bonds is 2. The Bertz CT molecular complexity index is 229. The number of carbonyl (C=O) groups is 1. The van der Waals surface area contributed by atoms with Crippen molar-refractivity contribution in [1.29, 1.82) is 0 Å². The fraction of sp³-hybridized carbons (Fsp3) is 0.900. The van der Waals surface area contributed by atoms with Crippen LogP contribution in [-0.2, 0) is 9.53 Å². The highest BCUT2D eigenvalue weighted by Gasteiger charge is 2.34. The van der Waals surface area contributed by atoms with Crippen LogP contribution in [0.15, 0.2) is 0 Å². The van der Waals surface area contributed by atoms with Crippen molar-refractivity contribution in [2.24, 2.45) is 0 Å². The van der Waals surface area contributed by atoms with Crippen LogP contribution in [0.5, 0.6) is 0 Å². The third kappa shape index (κ3) is 2.30. The lowest BCUT2D eigenvalue weighted by Crippen LogP contribution is -2.57. The van der Waals surface area contributed by atoms with Crippen LogP contribution in [0.1, 0.15) is 6.42 Å². The van der Waals surface area contributed by atoms with Gasteiger partial charge in [0.1, 0.15) is 6.04 Å². The first-order valence-electron chi connectivity index (χ1n) is 5.58. The second kappa shape index (κ2) is 4.92. The van der Waals surface area contributed by atoms with Gasteiger partial charge in [-0.25, -0.2) is 0 Å². The Morgan fingerprint density at radius 1 is 1.60 bits per heavy atom. The predicted octanol–water partition coefficient (Wildman–Crippen LogP) is -1.20. The summed E-state index contributed by atoms with van der Waals surface area (Å²) in [6.07, 6.45) is 1.13. The summed E-state index contributed by atoms with van der Waals surface area (Å²) in [5.41, 5.74) is 0. The summed E-state index contributed by atoms with van der Waals surface area (Å²) in [6.45, 7) is 4.18. The van der Waals surface area contributed by atoms with Gasteiger partial charge in [0.15, 0.2) is 0 Å². The Kier molecular flexibility index (Phi) is 3.56. The maximum absolute atomic E-state index is 11.7. The first-order valence-corrected chi connectivity index (χ1v) is 5.58. The minimum absolute atomic E-state index is 0.0709. The van der Waals surface area contributed by atoms with Crippen molar-refractivity contribution in [2.45, 2.75) is 18.5 Å². The summed E-state index contributed by atoms with van der Waals surface area (Å²) < 4.78 is 5.37. The fourth-order valence-electron chi connectivity index (χ4n) is 2.37. The molecule has 2 aliphatic rings. The van der Waals surface area contributed by atoms with E-state index in [1.54, 1.807) is 7.05 Å². The van der Waals surface area contributed by atoms with Gasteiger partial charge >= 0.3 is 0 Å². The number of likely N-dealkylation sites (N-methyl/N-ethyl adjacent to an activating group) is 1. The van der Waals surface area contributed by atoms with E-state index in [0.29, 0.717) is 12.6 Å². The molecule has 5 nitrogen and oxygen atoms in total. The molecule has 15 heavy (non-hydrogen) atoms. The molecule has 5 heteroatoms. The van der Waals surface area contributed by atoms with Crippen molar-refractivity contribution in [3.05, 3.63) is 0 Å². The van der Waals surface area contributed by atoms with Crippen molar-refractivity contribution in [1.82, 2.24) is 15.5 Å². The molecule has 2 heterocycles. The highest BCUT2D eigenvalue weighted by molar-refractivity contribution is 5.81. The lowest BCUT2D eigenvalue weighted by Gasteiger charge is -2.38. The van der Waals surface area contributed by atoms with Gasteiger partial charge in [-0.15, -0.1) is 0 Å². The molecule has 2 fully saturated rings. The zero-order valence-corrected chi connectivity index (χ0v) is 9.16. The Morgan fingerprint density at radius 2 is 2.47 bits per heavy atom. The summed E-state index contributed by atoms with van der Waals surface area (Å²) in [5.74, 6) is 0.0709. The fourth-order valence-corrected chi connectivity index (χ4v) is 2.37. The number of hydrogen-bond acceptors (Lipinski definition) is 4. The van der Waals surface area contributed by atoms with E-state index in [4.69, 9.17) is 4.74 Å². The van der Waals surface area contributed by atoms with E-state index in [2.05, 4.69) is 15.5 Å². The van der Waals surface area contributed by atoms with E-state index in [1.165, 1.54) is 0 Å². The van der Waals surface area contributed by atoms with Crippen molar-refractivity contribution in [3.8, 4) is 0 Å². The maximum Gasteiger partial charge on any atom is 0.239 e. The molecule has 2 aliphatic heterocycles. The van der Waals surface area contributed by atoms with Gasteiger partial charge in [0.05, 0.1) is 13.2 Å². The average molecular weight is 213 g/mol. The zero-order valence-electron chi connectivity index (χ0n) is 9.16. The smallest absolute Gasteiger partial charge is 0.239 e. The zero-order chi connectivity index (χ0) is 10.7. The highest BCUT2D eigenvalue weighted by atomic mass is 16.5. The van der Waals surface area contributed by atoms with Crippen LogP contribution in [0.2, 0.25) is 0 Å². The molecule has 0 spiro atoms. The molecule has 2 atom stereocenters. The molecule has 0 bridgehead atoms. The van der Waals surface area contributed by atoms with E-state index in [1.807, 2.05) is 0 Å². The van der Waals surface area contributed by atoms with Gasteiger partial charge in [-0.05, 0) is 13.0 Å². The number of carbonyl (C=O) groups excluding carboxylic acids is 1. The van der Waals surface area contributed by atoms with Gasteiger partial charge in [0, 0.05) is 26.2 Å².